The van der Waals surface area contributed by atoms with Crippen molar-refractivity contribution in [3.8, 4) is 16.5 Å². The predicted molar refractivity (Wildman–Crippen MR) is 144 cm³/mol. The minimum atomic E-state index is -0.604. The molecule has 0 aliphatic carbocycles. The number of para-hydroxylation sites is 1. The van der Waals surface area contributed by atoms with Crippen molar-refractivity contribution < 1.29 is 14.1 Å². The van der Waals surface area contributed by atoms with E-state index in [0.29, 0.717) is 22.1 Å². The molecule has 5 rings (SSSR count). The van der Waals surface area contributed by atoms with E-state index in [0.717, 1.165) is 22.0 Å². The molecule has 0 unspecified atom stereocenters. The number of hydrogen-bond acceptors (Lipinski definition) is 6. The van der Waals surface area contributed by atoms with Gasteiger partial charge in [-0.15, -0.1) is 0 Å². The number of non-ortho nitro benzene ring substituents is 1. The highest BCUT2D eigenvalue weighted by molar-refractivity contribution is 7.19. The lowest BCUT2D eigenvalue weighted by atomic mass is 10.1. The number of carbonyl (C=O) groups excluding carboxylic acids is 1. The van der Waals surface area contributed by atoms with Crippen LogP contribution in [0, 0.1) is 27.3 Å². The van der Waals surface area contributed by atoms with E-state index in [9.17, 15) is 24.6 Å². The fraction of sp³-hybridized carbons (Fsp3) is 0.0357. The van der Waals surface area contributed by atoms with Gasteiger partial charge in [0.25, 0.3) is 11.6 Å². The number of aromatic nitrogens is 2. The average molecular weight is 524 g/mol. The summed E-state index contributed by atoms with van der Waals surface area (Å²) in [7, 11) is 0. The molecular weight excluding hydrogens is 505 g/mol. The summed E-state index contributed by atoms with van der Waals surface area (Å²) in [6.07, 6.45) is 4.94. The number of amides is 1. The maximum atomic E-state index is 13.3. The van der Waals surface area contributed by atoms with Gasteiger partial charge in [-0.05, 0) is 47.5 Å². The first-order chi connectivity index (χ1) is 18.4. The number of nitriles is 1. The Labute approximate surface area is 220 Å². The lowest BCUT2D eigenvalue weighted by Crippen LogP contribution is -2.13. The number of carbonyl (C=O) groups is 1. The normalized spacial score (nSPS) is 11.3. The minimum Gasteiger partial charge on any atom is -0.342 e. The zero-order valence-electron chi connectivity index (χ0n) is 19.7. The van der Waals surface area contributed by atoms with Gasteiger partial charge in [-0.1, -0.05) is 41.7 Å². The number of anilines is 1. The highest BCUT2D eigenvalue weighted by Crippen LogP contribution is 2.31. The molecule has 0 aliphatic rings. The Bertz CT molecular complexity index is 1730. The number of nitro groups is 1. The van der Waals surface area contributed by atoms with Crippen LogP contribution < -0.4 is 5.32 Å². The van der Waals surface area contributed by atoms with Gasteiger partial charge in [0.1, 0.15) is 17.5 Å². The number of nitrogens with one attached hydrogen (secondary N) is 1. The van der Waals surface area contributed by atoms with Gasteiger partial charge < -0.3 is 4.57 Å². The van der Waals surface area contributed by atoms with Crippen molar-refractivity contribution in [1.29, 1.82) is 5.26 Å². The second-order valence-corrected chi connectivity index (χ2v) is 9.34. The SMILES string of the molecule is N#CC(=Cc1cn(Cc2ccc(F)cc2)c2ccccc12)C(=O)Nc1ncc(-c2ccc([N+](=O)[O-])cc2)s1. The number of fused-ring (bicyclic) bond motifs is 1. The summed E-state index contributed by atoms with van der Waals surface area (Å²) in [6, 6.07) is 21.9. The Morgan fingerprint density at radius 1 is 1.13 bits per heavy atom. The highest BCUT2D eigenvalue weighted by Gasteiger charge is 2.15. The third kappa shape index (κ3) is 5.18. The van der Waals surface area contributed by atoms with Crippen molar-refractivity contribution in [2.24, 2.45) is 0 Å². The number of nitrogens with zero attached hydrogens (tertiary/aromatic N) is 4. The van der Waals surface area contributed by atoms with Crippen LogP contribution in [0.2, 0.25) is 0 Å². The van der Waals surface area contributed by atoms with Crippen LogP contribution in [0.15, 0.2) is 90.8 Å². The molecule has 10 heteroatoms. The standard InChI is InChI=1S/C28H18FN5O3S/c29-22-9-5-18(6-10-22)16-33-17-21(24-3-1-2-4-25(24)33)13-20(14-30)27(35)32-28-31-15-26(38-28)19-7-11-23(12-8-19)34(36)37/h1-13,15,17H,16H2,(H,31,32,35). The number of hydrogen-bond donors (Lipinski definition) is 1. The average Bonchev–Trinajstić information content (AvgIpc) is 3.53. The molecule has 0 saturated carbocycles. The molecule has 0 atom stereocenters. The van der Waals surface area contributed by atoms with Crippen LogP contribution in [-0.2, 0) is 11.3 Å². The summed E-state index contributed by atoms with van der Waals surface area (Å²) < 4.78 is 15.3. The van der Waals surface area contributed by atoms with Crippen LogP contribution in [0.1, 0.15) is 11.1 Å². The lowest BCUT2D eigenvalue weighted by molar-refractivity contribution is -0.384. The quantitative estimate of drug-likeness (QED) is 0.115. The summed E-state index contributed by atoms with van der Waals surface area (Å²) in [5.41, 5.74) is 3.12. The molecule has 5 aromatic rings. The molecule has 2 aromatic heterocycles. The largest absolute Gasteiger partial charge is 0.342 e. The van der Waals surface area contributed by atoms with E-state index in [1.807, 2.05) is 41.1 Å². The molecule has 0 bridgehead atoms. The Morgan fingerprint density at radius 3 is 2.58 bits per heavy atom. The maximum Gasteiger partial charge on any atom is 0.269 e. The van der Waals surface area contributed by atoms with Crippen LogP contribution in [0.3, 0.4) is 0 Å². The van der Waals surface area contributed by atoms with Crippen LogP contribution in [0.25, 0.3) is 27.4 Å². The van der Waals surface area contributed by atoms with Gasteiger partial charge in [0.2, 0.25) is 0 Å². The van der Waals surface area contributed by atoms with E-state index in [1.54, 1.807) is 30.5 Å². The summed E-state index contributed by atoms with van der Waals surface area (Å²) in [6.45, 7) is 0.493. The number of halogens is 1. The number of nitro benzene ring substituents is 1. The summed E-state index contributed by atoms with van der Waals surface area (Å²) in [5.74, 6) is -0.910. The van der Waals surface area contributed by atoms with E-state index in [1.165, 1.54) is 41.7 Å². The lowest BCUT2D eigenvalue weighted by Gasteiger charge is -2.05. The van der Waals surface area contributed by atoms with Crippen molar-refractivity contribution in [2.75, 3.05) is 5.32 Å². The molecule has 3 aromatic carbocycles. The molecule has 38 heavy (non-hydrogen) atoms. The Morgan fingerprint density at radius 2 is 1.87 bits per heavy atom. The van der Waals surface area contributed by atoms with Gasteiger partial charge in [0.05, 0.1) is 9.80 Å². The predicted octanol–water partition coefficient (Wildman–Crippen LogP) is 6.41. The molecule has 1 N–H and O–H groups in total. The minimum absolute atomic E-state index is 0.0189. The van der Waals surface area contributed by atoms with Crippen molar-refractivity contribution in [2.45, 2.75) is 6.54 Å². The molecule has 0 aliphatic heterocycles. The monoisotopic (exact) mass is 523 g/mol. The van der Waals surface area contributed by atoms with E-state index >= 15 is 0 Å². The number of rotatable bonds is 7. The summed E-state index contributed by atoms with van der Waals surface area (Å²) in [4.78, 5) is 28.2. The third-order valence-electron chi connectivity index (χ3n) is 5.84. The second kappa shape index (κ2) is 10.5. The van der Waals surface area contributed by atoms with Crippen LogP contribution in [-0.4, -0.2) is 20.4 Å². The van der Waals surface area contributed by atoms with Crippen molar-refractivity contribution >= 4 is 45.0 Å². The zero-order valence-corrected chi connectivity index (χ0v) is 20.5. The van der Waals surface area contributed by atoms with E-state index in [2.05, 4.69) is 10.3 Å². The molecule has 0 saturated heterocycles. The van der Waals surface area contributed by atoms with Gasteiger partial charge in [-0.25, -0.2) is 9.37 Å². The fourth-order valence-corrected chi connectivity index (χ4v) is 4.81. The number of thiazole rings is 1. The topological polar surface area (TPSA) is 114 Å². The van der Waals surface area contributed by atoms with Crippen molar-refractivity contribution in [3.63, 3.8) is 0 Å². The molecule has 8 nitrogen and oxygen atoms in total. The molecule has 1 amide bonds. The first-order valence-electron chi connectivity index (χ1n) is 11.4. The van der Waals surface area contributed by atoms with Gasteiger partial charge in [-0.2, -0.15) is 5.26 Å². The zero-order chi connectivity index (χ0) is 26.6. The van der Waals surface area contributed by atoms with Crippen molar-refractivity contribution in [3.05, 3.63) is 118 Å². The maximum absolute atomic E-state index is 13.3. The molecule has 0 spiro atoms. The Kier molecular flexibility index (Phi) is 6.76. The van der Waals surface area contributed by atoms with E-state index in [4.69, 9.17) is 0 Å². The molecule has 186 valence electrons. The Balaban J connectivity index is 1.38. The van der Waals surface area contributed by atoms with E-state index < -0.39 is 10.8 Å². The summed E-state index contributed by atoms with van der Waals surface area (Å²) in [5, 5.41) is 24.4. The van der Waals surface area contributed by atoms with Gasteiger partial charge in [0, 0.05) is 47.5 Å². The molecule has 0 radical (unpaired) electrons. The first-order valence-corrected chi connectivity index (χ1v) is 12.2. The Hall–Kier alpha value is -5.14. The van der Waals surface area contributed by atoms with Crippen LogP contribution in [0.5, 0.6) is 0 Å². The third-order valence-corrected chi connectivity index (χ3v) is 6.80. The van der Waals surface area contributed by atoms with Crippen LogP contribution in [0.4, 0.5) is 15.2 Å². The van der Waals surface area contributed by atoms with Gasteiger partial charge >= 0.3 is 0 Å². The molecule has 0 fully saturated rings. The smallest absolute Gasteiger partial charge is 0.269 e. The second-order valence-electron chi connectivity index (χ2n) is 8.31. The van der Waals surface area contributed by atoms with Crippen LogP contribution >= 0.6 is 11.3 Å². The van der Waals surface area contributed by atoms with Crippen molar-refractivity contribution in [1.82, 2.24) is 9.55 Å². The van der Waals surface area contributed by atoms with E-state index in [-0.39, 0.29) is 17.1 Å². The van der Waals surface area contributed by atoms with Gasteiger partial charge in [-0.3, -0.25) is 20.2 Å². The summed E-state index contributed by atoms with van der Waals surface area (Å²) >= 11 is 1.19. The fourth-order valence-electron chi connectivity index (χ4n) is 3.99. The molecular formula is C28H18FN5O3S. The highest BCUT2D eigenvalue weighted by atomic mass is 32.1. The first kappa shape index (κ1) is 24.5. The molecule has 2 heterocycles. The number of benzene rings is 3. The van der Waals surface area contributed by atoms with Gasteiger partial charge in [0.15, 0.2) is 5.13 Å².